The van der Waals surface area contributed by atoms with Gasteiger partial charge in [0.1, 0.15) is 18.7 Å². The molecule has 29 heavy (non-hydrogen) atoms. The van der Waals surface area contributed by atoms with Crippen LogP contribution in [0.5, 0.6) is 5.75 Å². The van der Waals surface area contributed by atoms with Gasteiger partial charge in [0.25, 0.3) is 5.91 Å². The molecule has 1 amide bonds. The quantitative estimate of drug-likeness (QED) is 0.637. The minimum Gasteiger partial charge on any atom is -0.492 e. The van der Waals surface area contributed by atoms with Crippen LogP contribution in [0, 0.1) is 0 Å². The van der Waals surface area contributed by atoms with Crippen LogP contribution >= 0.6 is 0 Å². The van der Waals surface area contributed by atoms with Crippen molar-refractivity contribution in [3.05, 3.63) is 66.5 Å². The summed E-state index contributed by atoms with van der Waals surface area (Å²) in [6.07, 6.45) is 3.50. The van der Waals surface area contributed by atoms with Crippen LogP contribution in [0.2, 0.25) is 0 Å². The third-order valence-electron chi connectivity index (χ3n) is 4.94. The van der Waals surface area contributed by atoms with Crippen molar-refractivity contribution < 1.29 is 14.3 Å². The number of aromatic amines is 1. The van der Waals surface area contributed by atoms with E-state index >= 15 is 0 Å². The lowest BCUT2D eigenvalue weighted by Gasteiger charge is -2.26. The predicted molar refractivity (Wildman–Crippen MR) is 109 cm³/mol. The Kier molecular flexibility index (Phi) is 6.16. The number of nitrogens with zero attached hydrogens (tertiary/aromatic N) is 3. The van der Waals surface area contributed by atoms with Crippen LogP contribution in [0.1, 0.15) is 23.2 Å². The van der Waals surface area contributed by atoms with Gasteiger partial charge in [-0.05, 0) is 31.0 Å². The first kappa shape index (κ1) is 19.1. The molecule has 1 unspecified atom stereocenters. The Morgan fingerprint density at radius 2 is 2.00 bits per heavy atom. The Labute approximate surface area is 169 Å². The van der Waals surface area contributed by atoms with E-state index in [0.717, 1.165) is 30.8 Å². The molecule has 1 fully saturated rings. The molecule has 7 nitrogen and oxygen atoms in total. The topological polar surface area (TPSA) is 80.3 Å². The van der Waals surface area contributed by atoms with Crippen molar-refractivity contribution in [3.8, 4) is 17.1 Å². The highest BCUT2D eigenvalue weighted by Crippen LogP contribution is 2.22. The lowest BCUT2D eigenvalue weighted by atomic mass is 10.1. The van der Waals surface area contributed by atoms with Crippen LogP contribution in [-0.4, -0.2) is 58.4 Å². The fraction of sp³-hybridized carbons (Fsp3) is 0.318. The highest BCUT2D eigenvalue weighted by atomic mass is 16.5. The molecule has 2 heterocycles. The van der Waals surface area contributed by atoms with E-state index in [1.54, 1.807) is 0 Å². The van der Waals surface area contributed by atoms with Gasteiger partial charge in [-0.3, -0.25) is 9.89 Å². The standard InChI is InChI=1S/C22H24N4O3/c27-22(20-11-5-4-10-19(20)21-23-16-24-25-21)26(15-18-9-6-13-28-18)12-14-29-17-7-2-1-3-8-17/h1-5,7-8,10-11,16,18H,6,9,12-15H2,(H,23,24,25). The molecular weight excluding hydrogens is 368 g/mol. The van der Waals surface area contributed by atoms with Crippen molar-refractivity contribution in [2.45, 2.75) is 18.9 Å². The van der Waals surface area contributed by atoms with Crippen LogP contribution in [0.3, 0.4) is 0 Å². The van der Waals surface area contributed by atoms with Crippen molar-refractivity contribution in [1.82, 2.24) is 20.1 Å². The summed E-state index contributed by atoms with van der Waals surface area (Å²) in [6, 6.07) is 17.1. The molecular formula is C22H24N4O3. The first-order chi connectivity index (χ1) is 14.3. The monoisotopic (exact) mass is 392 g/mol. The van der Waals surface area contributed by atoms with E-state index in [4.69, 9.17) is 9.47 Å². The molecule has 0 spiro atoms. The maximum atomic E-state index is 13.4. The molecule has 1 aliphatic heterocycles. The molecule has 0 radical (unpaired) electrons. The average Bonchev–Trinajstić information content (AvgIpc) is 3.48. The number of rotatable bonds is 8. The van der Waals surface area contributed by atoms with Crippen LogP contribution in [0.25, 0.3) is 11.4 Å². The average molecular weight is 392 g/mol. The minimum absolute atomic E-state index is 0.0631. The Hall–Kier alpha value is -3.19. The van der Waals surface area contributed by atoms with E-state index < -0.39 is 0 Å². The highest BCUT2D eigenvalue weighted by Gasteiger charge is 2.25. The maximum Gasteiger partial charge on any atom is 0.254 e. The second kappa shape index (κ2) is 9.34. The fourth-order valence-electron chi connectivity index (χ4n) is 3.48. The molecule has 150 valence electrons. The first-order valence-corrected chi connectivity index (χ1v) is 9.85. The van der Waals surface area contributed by atoms with E-state index in [0.29, 0.717) is 31.1 Å². The Morgan fingerprint density at radius 3 is 2.76 bits per heavy atom. The lowest BCUT2D eigenvalue weighted by molar-refractivity contribution is 0.0494. The first-order valence-electron chi connectivity index (χ1n) is 9.85. The maximum absolute atomic E-state index is 13.4. The summed E-state index contributed by atoms with van der Waals surface area (Å²) in [4.78, 5) is 19.5. The predicted octanol–water partition coefficient (Wildman–Crippen LogP) is 3.17. The molecule has 0 saturated carbocycles. The number of ether oxygens (including phenoxy) is 2. The number of H-pyrrole nitrogens is 1. The summed E-state index contributed by atoms with van der Waals surface area (Å²) in [5.74, 6) is 1.30. The molecule has 4 rings (SSSR count). The van der Waals surface area contributed by atoms with Crippen molar-refractivity contribution in [2.24, 2.45) is 0 Å². The Bertz CT molecular complexity index is 909. The van der Waals surface area contributed by atoms with E-state index in [1.807, 2.05) is 59.5 Å². The molecule has 1 aromatic heterocycles. The lowest BCUT2D eigenvalue weighted by Crippen LogP contribution is -2.40. The zero-order chi connectivity index (χ0) is 19.9. The van der Waals surface area contributed by atoms with Gasteiger partial charge in [-0.2, -0.15) is 5.10 Å². The van der Waals surface area contributed by atoms with Crippen LogP contribution in [-0.2, 0) is 4.74 Å². The number of para-hydroxylation sites is 1. The molecule has 0 aliphatic carbocycles. The number of amides is 1. The molecule has 1 aliphatic rings. The Morgan fingerprint density at radius 1 is 1.17 bits per heavy atom. The van der Waals surface area contributed by atoms with Gasteiger partial charge in [0.2, 0.25) is 0 Å². The fourth-order valence-corrected chi connectivity index (χ4v) is 3.48. The summed E-state index contributed by atoms with van der Waals surface area (Å²) < 4.78 is 11.6. The number of hydrogen-bond acceptors (Lipinski definition) is 5. The second-order valence-electron chi connectivity index (χ2n) is 6.93. The third kappa shape index (κ3) is 4.81. The SMILES string of the molecule is O=C(c1ccccc1-c1ncn[nH]1)N(CCOc1ccccc1)CC1CCCO1. The third-order valence-corrected chi connectivity index (χ3v) is 4.94. The summed E-state index contributed by atoms with van der Waals surface area (Å²) in [6.45, 7) is 2.18. The van der Waals surface area contributed by atoms with Gasteiger partial charge in [0.15, 0.2) is 5.82 Å². The van der Waals surface area contributed by atoms with Crippen LogP contribution in [0.15, 0.2) is 60.9 Å². The number of benzene rings is 2. The highest BCUT2D eigenvalue weighted by molar-refractivity contribution is 6.00. The van der Waals surface area contributed by atoms with E-state index in [2.05, 4.69) is 15.2 Å². The van der Waals surface area contributed by atoms with Gasteiger partial charge in [-0.1, -0.05) is 36.4 Å². The molecule has 3 aromatic rings. The number of carbonyl (C=O) groups is 1. The van der Waals surface area contributed by atoms with Crippen molar-refractivity contribution in [1.29, 1.82) is 0 Å². The smallest absolute Gasteiger partial charge is 0.254 e. The van der Waals surface area contributed by atoms with E-state index in [9.17, 15) is 4.79 Å². The van der Waals surface area contributed by atoms with Gasteiger partial charge in [0.05, 0.1) is 18.2 Å². The summed E-state index contributed by atoms with van der Waals surface area (Å²) >= 11 is 0. The Balaban J connectivity index is 1.51. The molecule has 2 aromatic carbocycles. The molecule has 1 atom stereocenters. The van der Waals surface area contributed by atoms with Crippen molar-refractivity contribution in [3.63, 3.8) is 0 Å². The normalized spacial score (nSPS) is 15.9. The summed E-state index contributed by atoms with van der Waals surface area (Å²) in [5, 5.41) is 6.75. The number of hydrogen-bond donors (Lipinski definition) is 1. The van der Waals surface area contributed by atoms with Gasteiger partial charge >= 0.3 is 0 Å². The van der Waals surface area contributed by atoms with Gasteiger partial charge in [-0.15, -0.1) is 0 Å². The molecule has 1 saturated heterocycles. The number of carbonyl (C=O) groups excluding carboxylic acids is 1. The molecule has 7 heteroatoms. The van der Waals surface area contributed by atoms with Gasteiger partial charge in [0, 0.05) is 18.7 Å². The number of nitrogens with one attached hydrogen (secondary N) is 1. The van der Waals surface area contributed by atoms with Crippen LogP contribution < -0.4 is 4.74 Å². The van der Waals surface area contributed by atoms with Crippen molar-refractivity contribution in [2.75, 3.05) is 26.3 Å². The van der Waals surface area contributed by atoms with Crippen molar-refractivity contribution >= 4 is 5.91 Å². The van der Waals surface area contributed by atoms with Gasteiger partial charge < -0.3 is 14.4 Å². The van der Waals surface area contributed by atoms with E-state index in [1.165, 1.54) is 6.33 Å². The zero-order valence-electron chi connectivity index (χ0n) is 16.2. The summed E-state index contributed by atoms with van der Waals surface area (Å²) in [7, 11) is 0. The molecule has 0 bridgehead atoms. The second-order valence-corrected chi connectivity index (χ2v) is 6.93. The summed E-state index contributed by atoms with van der Waals surface area (Å²) in [5.41, 5.74) is 1.32. The van der Waals surface area contributed by atoms with Crippen LogP contribution in [0.4, 0.5) is 0 Å². The largest absolute Gasteiger partial charge is 0.492 e. The van der Waals surface area contributed by atoms with Gasteiger partial charge in [-0.25, -0.2) is 4.98 Å². The van der Waals surface area contributed by atoms with E-state index in [-0.39, 0.29) is 12.0 Å². The zero-order valence-corrected chi connectivity index (χ0v) is 16.2. The number of aromatic nitrogens is 3. The molecule has 1 N–H and O–H groups in total. The minimum atomic E-state index is -0.0656.